The lowest BCUT2D eigenvalue weighted by Crippen LogP contribution is -2.41. The second kappa shape index (κ2) is 9.61. The van der Waals surface area contributed by atoms with Crippen molar-refractivity contribution in [3.05, 3.63) is 29.8 Å². The second-order valence-electron chi connectivity index (χ2n) is 3.85. The number of benzene rings is 1. The van der Waals surface area contributed by atoms with Crippen LogP contribution < -0.4 is 15.8 Å². The zero-order chi connectivity index (χ0) is 13.4. The van der Waals surface area contributed by atoms with Crippen LogP contribution >= 0.6 is 12.4 Å². The van der Waals surface area contributed by atoms with Gasteiger partial charge in [-0.2, -0.15) is 0 Å². The number of nitrogens with one attached hydrogen (secondary N) is 1. The molecule has 3 N–H and O–H groups in total. The van der Waals surface area contributed by atoms with E-state index >= 15 is 0 Å². The normalized spacial score (nSPS) is 11.3. The molecule has 0 aliphatic carbocycles. The summed E-state index contributed by atoms with van der Waals surface area (Å²) >= 11 is 0. The monoisotopic (exact) mass is 288 g/mol. The minimum Gasteiger partial charge on any atom is -0.497 e. The maximum Gasteiger partial charge on any atom is 0.250 e. The maximum atomic E-state index is 11.6. The zero-order valence-electron chi connectivity index (χ0n) is 11.2. The number of hydrogen-bond donors (Lipinski definition) is 2. The highest BCUT2D eigenvalue weighted by molar-refractivity contribution is 5.85. The molecule has 1 aromatic rings. The molecule has 19 heavy (non-hydrogen) atoms. The van der Waals surface area contributed by atoms with Crippen molar-refractivity contribution in [1.82, 2.24) is 5.32 Å². The van der Waals surface area contributed by atoms with Crippen LogP contribution in [0.1, 0.15) is 5.56 Å². The van der Waals surface area contributed by atoms with Gasteiger partial charge in [-0.05, 0) is 24.1 Å². The topological polar surface area (TPSA) is 73.6 Å². The molecule has 5 nitrogen and oxygen atoms in total. The third kappa shape index (κ3) is 5.92. The average molecular weight is 289 g/mol. The Bertz CT molecular complexity index is 384. The van der Waals surface area contributed by atoms with Crippen LogP contribution in [0.15, 0.2) is 24.3 Å². The van der Waals surface area contributed by atoms with E-state index in [4.69, 9.17) is 15.2 Å². The SMILES string of the molecule is COc1cccc(CCNC(=O)C(CN)OC)c1.Cl. The van der Waals surface area contributed by atoms with E-state index in [0.717, 1.165) is 17.7 Å². The molecule has 0 saturated heterocycles. The highest BCUT2D eigenvalue weighted by Crippen LogP contribution is 2.12. The van der Waals surface area contributed by atoms with E-state index in [1.807, 2.05) is 24.3 Å². The van der Waals surface area contributed by atoms with Gasteiger partial charge < -0.3 is 20.5 Å². The third-order valence-corrected chi connectivity index (χ3v) is 2.64. The Labute approximate surface area is 119 Å². The molecular weight excluding hydrogens is 268 g/mol. The molecule has 0 saturated carbocycles. The summed E-state index contributed by atoms with van der Waals surface area (Å²) in [5.74, 6) is 0.637. The Balaban J connectivity index is 0.00000324. The van der Waals surface area contributed by atoms with Crippen molar-refractivity contribution >= 4 is 18.3 Å². The van der Waals surface area contributed by atoms with Gasteiger partial charge in [0.25, 0.3) is 0 Å². The van der Waals surface area contributed by atoms with Crippen LogP contribution in [0.5, 0.6) is 5.75 Å². The number of nitrogens with two attached hydrogens (primary N) is 1. The number of amides is 1. The van der Waals surface area contributed by atoms with E-state index in [1.54, 1.807) is 7.11 Å². The van der Waals surface area contributed by atoms with Gasteiger partial charge in [0.1, 0.15) is 11.9 Å². The van der Waals surface area contributed by atoms with Gasteiger partial charge in [0.2, 0.25) is 5.91 Å². The lowest BCUT2D eigenvalue weighted by Gasteiger charge is -2.13. The van der Waals surface area contributed by atoms with Gasteiger partial charge in [0.05, 0.1) is 7.11 Å². The van der Waals surface area contributed by atoms with Crippen LogP contribution in [0, 0.1) is 0 Å². The van der Waals surface area contributed by atoms with Gasteiger partial charge in [-0.1, -0.05) is 12.1 Å². The Morgan fingerprint density at radius 2 is 2.16 bits per heavy atom. The number of rotatable bonds is 7. The van der Waals surface area contributed by atoms with Crippen LogP contribution in [0.2, 0.25) is 0 Å². The molecule has 1 atom stereocenters. The highest BCUT2D eigenvalue weighted by Gasteiger charge is 2.14. The number of halogens is 1. The number of carbonyl (C=O) groups is 1. The van der Waals surface area contributed by atoms with Crippen molar-refractivity contribution in [1.29, 1.82) is 0 Å². The molecule has 108 valence electrons. The first-order valence-electron chi connectivity index (χ1n) is 5.84. The fourth-order valence-corrected chi connectivity index (χ4v) is 1.58. The van der Waals surface area contributed by atoms with E-state index in [0.29, 0.717) is 6.54 Å². The highest BCUT2D eigenvalue weighted by atomic mass is 35.5. The quantitative estimate of drug-likeness (QED) is 0.776. The van der Waals surface area contributed by atoms with Crippen LogP contribution in [-0.2, 0) is 16.0 Å². The van der Waals surface area contributed by atoms with Crippen LogP contribution in [0.25, 0.3) is 0 Å². The van der Waals surface area contributed by atoms with Gasteiger partial charge in [0.15, 0.2) is 0 Å². The molecule has 1 rings (SSSR count). The summed E-state index contributed by atoms with van der Waals surface area (Å²) in [4.78, 5) is 11.6. The first-order chi connectivity index (χ1) is 8.71. The molecule has 0 bridgehead atoms. The standard InChI is InChI=1S/C13H20N2O3.ClH/c1-17-11-5-3-4-10(8-11)6-7-15-13(16)12(9-14)18-2;/h3-5,8,12H,6-7,9,14H2,1-2H3,(H,15,16);1H. The molecule has 1 aromatic carbocycles. The molecular formula is C13H21ClN2O3. The number of ether oxygens (including phenoxy) is 2. The number of methoxy groups -OCH3 is 2. The summed E-state index contributed by atoms with van der Waals surface area (Å²) in [5.41, 5.74) is 6.51. The lowest BCUT2D eigenvalue weighted by molar-refractivity contribution is -0.130. The zero-order valence-corrected chi connectivity index (χ0v) is 12.0. The van der Waals surface area contributed by atoms with Crippen molar-refractivity contribution < 1.29 is 14.3 Å². The van der Waals surface area contributed by atoms with E-state index in [2.05, 4.69) is 5.32 Å². The maximum absolute atomic E-state index is 11.6. The van der Waals surface area contributed by atoms with E-state index in [-0.39, 0.29) is 24.9 Å². The average Bonchev–Trinajstić information content (AvgIpc) is 2.40. The molecule has 0 aliphatic heterocycles. The van der Waals surface area contributed by atoms with Gasteiger partial charge in [0, 0.05) is 20.2 Å². The Hall–Kier alpha value is -1.30. The summed E-state index contributed by atoms with van der Waals surface area (Å²) in [5, 5.41) is 2.79. The molecule has 1 unspecified atom stereocenters. The summed E-state index contributed by atoms with van der Waals surface area (Å²) in [6.45, 7) is 0.730. The van der Waals surface area contributed by atoms with Gasteiger partial charge in [-0.25, -0.2) is 0 Å². The predicted molar refractivity (Wildman–Crippen MR) is 76.8 cm³/mol. The minimum absolute atomic E-state index is 0. The van der Waals surface area contributed by atoms with E-state index < -0.39 is 6.10 Å². The third-order valence-electron chi connectivity index (χ3n) is 2.64. The molecule has 0 fully saturated rings. The summed E-state index contributed by atoms with van der Waals surface area (Å²) in [6.07, 6.45) is 0.166. The Kier molecular flexibility index (Phi) is 8.95. The number of hydrogen-bond acceptors (Lipinski definition) is 4. The summed E-state index contributed by atoms with van der Waals surface area (Å²) < 4.78 is 10.1. The van der Waals surface area contributed by atoms with Gasteiger partial charge in [-0.3, -0.25) is 4.79 Å². The fourth-order valence-electron chi connectivity index (χ4n) is 1.58. The minimum atomic E-state index is -0.574. The second-order valence-corrected chi connectivity index (χ2v) is 3.85. The van der Waals surface area contributed by atoms with Gasteiger partial charge >= 0.3 is 0 Å². The molecule has 6 heteroatoms. The predicted octanol–water partition coefficient (Wildman–Crippen LogP) is 0.749. The van der Waals surface area contributed by atoms with Crippen molar-refractivity contribution in [2.45, 2.75) is 12.5 Å². The molecule has 0 heterocycles. The largest absolute Gasteiger partial charge is 0.497 e. The Morgan fingerprint density at radius 1 is 1.42 bits per heavy atom. The molecule has 1 amide bonds. The molecule has 0 radical (unpaired) electrons. The van der Waals surface area contributed by atoms with Crippen LogP contribution in [0.3, 0.4) is 0 Å². The van der Waals surface area contributed by atoms with Gasteiger partial charge in [-0.15, -0.1) is 12.4 Å². The fraction of sp³-hybridized carbons (Fsp3) is 0.462. The van der Waals surface area contributed by atoms with Crippen LogP contribution in [-0.4, -0.2) is 39.3 Å². The lowest BCUT2D eigenvalue weighted by atomic mass is 10.1. The van der Waals surface area contributed by atoms with Crippen molar-refractivity contribution in [2.75, 3.05) is 27.3 Å². The number of carbonyl (C=O) groups excluding carboxylic acids is 1. The Morgan fingerprint density at radius 3 is 2.74 bits per heavy atom. The van der Waals surface area contributed by atoms with Crippen molar-refractivity contribution in [3.63, 3.8) is 0 Å². The molecule has 0 aromatic heterocycles. The van der Waals surface area contributed by atoms with Crippen molar-refractivity contribution in [2.24, 2.45) is 5.73 Å². The first-order valence-corrected chi connectivity index (χ1v) is 5.84. The van der Waals surface area contributed by atoms with E-state index in [1.165, 1.54) is 7.11 Å². The molecule has 0 aliphatic rings. The smallest absolute Gasteiger partial charge is 0.250 e. The summed E-state index contributed by atoms with van der Waals surface area (Å²) in [6, 6.07) is 7.75. The van der Waals surface area contributed by atoms with E-state index in [9.17, 15) is 4.79 Å². The van der Waals surface area contributed by atoms with Crippen LogP contribution in [0.4, 0.5) is 0 Å². The molecule has 0 spiro atoms. The van der Waals surface area contributed by atoms with Crippen molar-refractivity contribution in [3.8, 4) is 5.75 Å². The summed E-state index contributed by atoms with van der Waals surface area (Å²) in [7, 11) is 3.10. The first kappa shape index (κ1) is 17.7.